The number of aliphatic hydroxyl groups is 1. The highest BCUT2D eigenvalue weighted by Crippen LogP contribution is 2.67. The van der Waals surface area contributed by atoms with Crippen LogP contribution in [0.25, 0.3) is 0 Å². The molecule has 1 N–H and O–H groups in total. The topological polar surface area (TPSA) is 20.2 Å². The number of unbranched alkanes of at least 4 members (excludes halogenated alkanes) is 3. The smallest absolute Gasteiger partial charge is 0.0942 e. The molecule has 0 aliphatic heterocycles. The number of halogens is 1. The molecule has 148 valence electrons. The van der Waals surface area contributed by atoms with Crippen LogP contribution < -0.4 is 17.0 Å². The maximum atomic E-state index is 9.05. The van der Waals surface area contributed by atoms with Crippen LogP contribution >= 0.6 is 41.3 Å². The summed E-state index contributed by atoms with van der Waals surface area (Å²) in [5.74, 6) is 0. The van der Waals surface area contributed by atoms with Crippen molar-refractivity contribution in [3.63, 3.8) is 0 Å². The molecule has 27 heavy (non-hydrogen) atoms. The van der Waals surface area contributed by atoms with Crippen LogP contribution in [0.3, 0.4) is 0 Å². The van der Waals surface area contributed by atoms with E-state index >= 15 is 0 Å². The first-order chi connectivity index (χ1) is 12.8. The summed E-state index contributed by atoms with van der Waals surface area (Å²) in [5, 5.41) is 15.7. The lowest BCUT2D eigenvalue weighted by Gasteiger charge is -2.27. The summed E-state index contributed by atoms with van der Waals surface area (Å²) < 4.78 is 0. The van der Waals surface area contributed by atoms with Gasteiger partial charge in [0.05, 0.1) is 24.6 Å². The normalized spacial score (nSPS) is 11.4. The third-order valence-electron chi connectivity index (χ3n) is 4.75. The van der Waals surface area contributed by atoms with Crippen molar-refractivity contribution in [2.45, 2.75) is 44.2 Å². The third-order valence-corrected chi connectivity index (χ3v) is 12.3. The number of hydrogen-bond donors (Lipinski definition) is 1. The predicted molar refractivity (Wildman–Crippen MR) is 121 cm³/mol. The van der Waals surface area contributed by atoms with Gasteiger partial charge in [-0.1, -0.05) is 24.6 Å². The van der Waals surface area contributed by atoms with Crippen molar-refractivity contribution in [3.05, 3.63) is 67.2 Å². The summed E-state index contributed by atoms with van der Waals surface area (Å²) in [7, 11) is -1.14. The molecule has 0 bridgehead atoms. The van der Waals surface area contributed by atoms with Gasteiger partial charge in [0, 0.05) is 28.5 Å². The van der Waals surface area contributed by atoms with Gasteiger partial charge >= 0.3 is 0 Å². The molecule has 0 unspecified atom stereocenters. The Balaban J connectivity index is 0.00000261. The van der Waals surface area contributed by atoms with E-state index in [9.17, 15) is 0 Å². The van der Waals surface area contributed by atoms with Gasteiger partial charge < -0.3 is 22.1 Å². The van der Waals surface area contributed by atoms with E-state index in [1.54, 1.807) is 14.6 Å². The minimum atomic E-state index is -1.14. The van der Waals surface area contributed by atoms with Crippen molar-refractivity contribution in [3.8, 4) is 0 Å². The van der Waals surface area contributed by atoms with Crippen molar-refractivity contribution in [1.82, 2.24) is 0 Å². The molecular formula is C21H28BrOPS3. The predicted octanol–water partition coefficient (Wildman–Crippen LogP) is 4.35. The quantitative estimate of drug-likeness (QED) is 0.288. The summed E-state index contributed by atoms with van der Waals surface area (Å²) >= 11 is 5.77. The minimum absolute atomic E-state index is 0. The zero-order valence-corrected chi connectivity index (χ0v) is 20.5. The summed E-state index contributed by atoms with van der Waals surface area (Å²) in [6.07, 6.45) is 9.87. The average Bonchev–Trinajstić information content (AvgIpc) is 3.38. The molecule has 0 aliphatic carbocycles. The first-order valence-corrected chi connectivity index (χ1v) is 14.5. The summed E-state index contributed by atoms with van der Waals surface area (Å²) in [6, 6.07) is 13.6. The molecule has 3 rings (SSSR count). The highest BCUT2D eigenvalue weighted by Gasteiger charge is 2.38. The van der Waals surface area contributed by atoms with Crippen LogP contribution in [0.4, 0.5) is 0 Å². The third kappa shape index (κ3) is 7.72. The Morgan fingerprint density at radius 3 is 1.48 bits per heavy atom. The molecule has 3 aromatic heterocycles. The van der Waals surface area contributed by atoms with Gasteiger partial charge in [-0.25, -0.2) is 0 Å². The van der Waals surface area contributed by atoms with E-state index in [2.05, 4.69) is 52.5 Å². The van der Waals surface area contributed by atoms with E-state index in [0.29, 0.717) is 6.61 Å². The second-order valence-electron chi connectivity index (χ2n) is 6.92. The van der Waals surface area contributed by atoms with E-state index < -0.39 is 7.26 Å². The van der Waals surface area contributed by atoms with Gasteiger partial charge in [0.15, 0.2) is 0 Å². The Bertz CT molecular complexity index is 622. The Labute approximate surface area is 186 Å². The van der Waals surface area contributed by atoms with Crippen LogP contribution in [-0.2, 0) is 18.5 Å². The van der Waals surface area contributed by atoms with Gasteiger partial charge in [0.1, 0.15) is 0 Å². The molecule has 6 heteroatoms. The van der Waals surface area contributed by atoms with E-state index in [4.69, 9.17) is 5.11 Å². The van der Waals surface area contributed by atoms with Gasteiger partial charge in [-0.3, -0.25) is 0 Å². The van der Waals surface area contributed by atoms with E-state index in [1.165, 1.54) is 37.5 Å². The van der Waals surface area contributed by atoms with Crippen molar-refractivity contribution in [2.75, 3.05) is 12.8 Å². The van der Waals surface area contributed by atoms with E-state index in [-0.39, 0.29) is 17.0 Å². The molecule has 0 saturated carbocycles. The van der Waals surface area contributed by atoms with Crippen molar-refractivity contribution < 1.29 is 22.1 Å². The first kappa shape index (κ1) is 23.3. The lowest BCUT2D eigenvalue weighted by atomic mass is 10.2. The van der Waals surface area contributed by atoms with Crippen LogP contribution in [0.1, 0.15) is 40.3 Å². The number of aliphatic hydroxyl groups excluding tert-OH is 1. The molecule has 1 nitrogen and oxygen atoms in total. The van der Waals surface area contributed by atoms with Crippen LogP contribution in [0.15, 0.2) is 52.5 Å². The summed E-state index contributed by atoms with van der Waals surface area (Å²) in [4.78, 5) is 4.67. The Hall–Kier alpha value is -0.0300. The van der Waals surface area contributed by atoms with Gasteiger partial charge in [-0.2, -0.15) is 0 Å². The molecule has 0 radical (unpaired) electrons. The fourth-order valence-corrected chi connectivity index (χ4v) is 12.3. The number of hydrogen-bond acceptors (Lipinski definition) is 4. The largest absolute Gasteiger partial charge is 1.00 e. The summed E-state index contributed by atoms with van der Waals surface area (Å²) in [6.45, 7) is 0.333. The van der Waals surface area contributed by atoms with Gasteiger partial charge in [-0.05, 0) is 53.6 Å². The van der Waals surface area contributed by atoms with Crippen LogP contribution in [-0.4, -0.2) is 17.9 Å². The Morgan fingerprint density at radius 1 is 0.667 bits per heavy atom. The second-order valence-corrected chi connectivity index (χ2v) is 14.1. The van der Waals surface area contributed by atoms with Crippen LogP contribution in [0, 0.1) is 0 Å². The van der Waals surface area contributed by atoms with Gasteiger partial charge in [0.25, 0.3) is 0 Å². The zero-order valence-electron chi connectivity index (χ0n) is 15.6. The van der Waals surface area contributed by atoms with Crippen molar-refractivity contribution >= 4 is 41.3 Å². The Morgan fingerprint density at radius 2 is 1.11 bits per heavy atom. The molecular weight excluding hydrogens is 475 g/mol. The molecule has 0 atom stereocenters. The zero-order chi connectivity index (χ0) is 18.1. The second kappa shape index (κ2) is 12.5. The highest BCUT2D eigenvalue weighted by molar-refractivity contribution is 7.74. The summed E-state index contributed by atoms with van der Waals surface area (Å²) in [5.41, 5.74) is 0. The maximum Gasteiger partial charge on any atom is 0.0942 e. The van der Waals surface area contributed by atoms with Gasteiger partial charge in [0.2, 0.25) is 0 Å². The highest BCUT2D eigenvalue weighted by atomic mass is 79.9. The van der Waals surface area contributed by atoms with E-state index in [1.807, 2.05) is 34.0 Å². The van der Waals surface area contributed by atoms with E-state index in [0.717, 1.165) is 12.8 Å². The molecule has 0 amide bonds. The Kier molecular flexibility index (Phi) is 10.8. The standard InChI is InChI=1S/C21H28OPS3.BrH/c22-11-3-1-2-4-12-23(16-19-8-5-13-24-19,17-20-9-6-14-25-20)18-21-10-7-15-26-21;/h5-10,13-15,22H,1-4,11-12,16-18H2;1H/q+1;/p-1. The monoisotopic (exact) mass is 502 g/mol. The molecule has 0 saturated heterocycles. The first-order valence-electron chi connectivity index (χ1n) is 9.33. The fourth-order valence-electron chi connectivity index (χ4n) is 3.52. The molecule has 0 aliphatic rings. The van der Waals surface area contributed by atoms with Crippen molar-refractivity contribution in [2.24, 2.45) is 0 Å². The average molecular weight is 504 g/mol. The van der Waals surface area contributed by atoms with Crippen LogP contribution in [0.2, 0.25) is 0 Å². The number of thiophene rings is 3. The molecule has 3 heterocycles. The SMILES string of the molecule is OCCCCCC[P+](Cc1cccs1)(Cc1cccs1)Cc1cccs1.[Br-]. The van der Waals surface area contributed by atoms with Gasteiger partial charge in [-0.15, -0.1) is 34.0 Å². The molecule has 3 aromatic rings. The minimum Gasteiger partial charge on any atom is -1.00 e. The molecule has 0 fully saturated rings. The number of rotatable bonds is 12. The maximum absolute atomic E-state index is 9.05. The van der Waals surface area contributed by atoms with Crippen LogP contribution in [0.5, 0.6) is 0 Å². The fraction of sp³-hybridized carbons (Fsp3) is 0.429. The van der Waals surface area contributed by atoms with Crippen molar-refractivity contribution in [1.29, 1.82) is 0 Å². The lowest BCUT2D eigenvalue weighted by Crippen LogP contribution is -3.00. The lowest BCUT2D eigenvalue weighted by molar-refractivity contribution is -0.00000638. The molecule has 0 spiro atoms. The molecule has 0 aromatic carbocycles.